The van der Waals surface area contributed by atoms with Gasteiger partial charge < -0.3 is 49.0 Å². The Labute approximate surface area is 672 Å². The minimum atomic E-state index is -2.94. The monoisotopic (exact) mass is 1600 g/mol. The highest BCUT2D eigenvalue weighted by Gasteiger charge is 2.31. The van der Waals surface area contributed by atoms with Gasteiger partial charge in [0, 0.05) is 137 Å². The summed E-state index contributed by atoms with van der Waals surface area (Å²) in [6, 6.07) is 43.1. The maximum Gasteiger partial charge on any atom is 0.274 e. The molecule has 119 heavy (non-hydrogen) atoms. The molecule has 29 nitrogen and oxygen atoms in total. The Morgan fingerprint density at radius 3 is 1.19 bits per heavy atom. The summed E-state index contributed by atoms with van der Waals surface area (Å²) in [4.78, 5) is 25.6. The number of anilines is 10. The molecule has 10 N–H and O–H groups in total. The largest absolute Gasteiger partial charge is 0.464 e. The van der Waals surface area contributed by atoms with E-state index in [0.717, 1.165) is 163 Å². The van der Waals surface area contributed by atoms with E-state index < -0.39 is 11.8 Å². The van der Waals surface area contributed by atoms with Crippen molar-refractivity contribution in [2.75, 3.05) is 26.6 Å². The molecule has 22 rings (SSSR count). The van der Waals surface area contributed by atoms with Crippen LogP contribution in [0.5, 0.6) is 0 Å². The van der Waals surface area contributed by atoms with Crippen molar-refractivity contribution < 1.29 is 40.0 Å². The van der Waals surface area contributed by atoms with Gasteiger partial charge in [-0.25, -0.2) is 32.5 Å². The van der Waals surface area contributed by atoms with E-state index in [-0.39, 0.29) is 11.1 Å². The molecule has 2 aliphatic rings. The first-order chi connectivity index (χ1) is 58.1. The molecule has 15 aromatic heterocycles. The maximum atomic E-state index is 13.5. The van der Waals surface area contributed by atoms with E-state index in [1.807, 2.05) is 91.0 Å². The van der Waals surface area contributed by atoms with Gasteiger partial charge >= 0.3 is 0 Å². The average Bonchev–Trinajstić information content (AvgIpc) is 1.61. The third-order valence-corrected chi connectivity index (χ3v) is 21.3. The first-order valence-electron chi connectivity index (χ1n) is 39.2. The number of nitrogens with one attached hydrogen (secondary N) is 10. The molecule has 15 heterocycles. The van der Waals surface area contributed by atoms with Crippen molar-refractivity contribution in [2.24, 2.45) is 11.8 Å². The number of aromatic nitrogens is 19. The number of halogens is 4. The van der Waals surface area contributed by atoms with Gasteiger partial charge in [-0.2, -0.15) is 25.5 Å². The summed E-state index contributed by atoms with van der Waals surface area (Å²) in [7, 11) is 0. The molecule has 0 unspecified atom stereocenters. The van der Waals surface area contributed by atoms with Gasteiger partial charge in [0.15, 0.2) is 51.2 Å². The second-order valence-electron chi connectivity index (χ2n) is 29.6. The van der Waals surface area contributed by atoms with E-state index in [9.17, 15) is 17.6 Å². The molecule has 0 spiro atoms. The van der Waals surface area contributed by atoms with Crippen LogP contribution in [0.1, 0.15) is 113 Å². The maximum absolute atomic E-state index is 13.5. The summed E-state index contributed by atoms with van der Waals surface area (Å²) >= 11 is 0. The quantitative estimate of drug-likeness (QED) is 0.0379. The Morgan fingerprint density at radius 2 is 0.731 bits per heavy atom. The topological polar surface area (TPSA) is 385 Å². The predicted octanol–water partition coefficient (Wildman–Crippen LogP) is 21.8. The number of pyridine rings is 4. The first kappa shape index (κ1) is 75.7. The lowest BCUT2D eigenvalue weighted by Gasteiger charge is -2.20. The van der Waals surface area contributed by atoms with Crippen LogP contribution < -0.4 is 26.6 Å². The van der Waals surface area contributed by atoms with Gasteiger partial charge in [-0.1, -0.05) is 86.6 Å². The van der Waals surface area contributed by atoms with Crippen molar-refractivity contribution in [2.45, 2.75) is 116 Å². The van der Waals surface area contributed by atoms with Crippen LogP contribution in [0.25, 0.3) is 110 Å². The number of hydrogen-bond acceptors (Lipinski definition) is 24. The molecule has 5 aromatic carbocycles. The van der Waals surface area contributed by atoms with Crippen molar-refractivity contribution in [3.63, 3.8) is 0 Å². The Hall–Kier alpha value is -14.7. The van der Waals surface area contributed by atoms with Crippen LogP contribution in [-0.4, -0.2) is 96.4 Å². The van der Waals surface area contributed by atoms with Crippen LogP contribution in [-0.2, 0) is 31.1 Å². The summed E-state index contributed by atoms with van der Waals surface area (Å²) < 4.78 is 81.1. The van der Waals surface area contributed by atoms with Crippen LogP contribution in [0, 0.1) is 11.8 Å². The van der Waals surface area contributed by atoms with Gasteiger partial charge in [0.25, 0.3) is 11.8 Å². The molecule has 0 aliphatic heterocycles. The van der Waals surface area contributed by atoms with Crippen LogP contribution in [0.2, 0.25) is 0 Å². The fourth-order valence-electron chi connectivity index (χ4n) is 15.3. The van der Waals surface area contributed by atoms with Gasteiger partial charge in [0.05, 0.1) is 50.1 Å². The molecule has 600 valence electrons. The van der Waals surface area contributed by atoms with E-state index in [2.05, 4.69) is 142 Å². The fraction of sp³-hybridized carbons (Fsp3) is 0.233. The lowest BCUT2D eigenvalue weighted by atomic mass is 9.86. The second-order valence-corrected chi connectivity index (χ2v) is 29.6. The molecule has 33 heteroatoms. The number of benzene rings is 5. The highest BCUT2D eigenvalue weighted by molar-refractivity contribution is 5.95. The number of nitrogens with zero attached hydrogens (tertiary/aromatic N) is 14. The minimum absolute atomic E-state index is 0.116. The molecular formula is C86H78F4N24O5. The van der Waals surface area contributed by atoms with Crippen molar-refractivity contribution in [1.29, 1.82) is 0 Å². The summed E-state index contributed by atoms with van der Waals surface area (Å²) in [5.74, 6) is -1.03. The highest BCUT2D eigenvalue weighted by atomic mass is 19.3. The van der Waals surface area contributed by atoms with Gasteiger partial charge in [-0.05, 0) is 140 Å². The van der Waals surface area contributed by atoms with Gasteiger partial charge in [0.2, 0.25) is 5.65 Å². The number of H-pyrrole nitrogens is 5. The van der Waals surface area contributed by atoms with E-state index in [1.165, 1.54) is 64.2 Å². The smallest absolute Gasteiger partial charge is 0.274 e. The molecule has 0 saturated heterocycles. The standard InChI is InChI=1S/C20H21N5O.C19H20N6O.2C16H12F2N4O.C15H13N5O/c1-2-5-13(6-3-1)11-17-15-9-8-14(12-18(15)26-25-17)22-20-19-16(23-24-20)7-4-10-21-19;1-2-4-12(5-3-1)10-15-14-7-6-13(11-16(14)26-25-15)22-19-17-18(23-24-19)21-9-8-20-17;1-16(17,18)11-8-23-13-7-9(4-5-10(11)13)20-15-14-12(21-22-15)3-2-6-19-14;1-16(17,18)12-8-23-13-7-9(4-5-10(12)13)20-15-11-3-2-6-19-14(11)21-22-15;1-2-11-10-6-5-9(8-13(10)21-20-11)17-15-14-12(18-19-15)4-3-7-16-14/h4,7-10,12-13H,1-3,5-6,11H2,(H2,22,23,24);6-9,11-12H,1-5,10H2,(H2,21,22,23,24);2-8H,1H3,(H2,20,21,22);2-8H,1H3,(H2,19,20,21,22);3-8H,2H2,1H3,(H2,17,18,19). The van der Waals surface area contributed by atoms with Crippen LogP contribution in [0.15, 0.2) is 212 Å². The number of furan rings is 2. The number of aromatic amines is 5. The molecule has 0 radical (unpaired) electrons. The Balaban J connectivity index is 0.000000102. The Bertz CT molecular complexity index is 6600. The van der Waals surface area contributed by atoms with Crippen molar-refractivity contribution in [3.05, 3.63) is 217 Å². The molecule has 2 saturated carbocycles. The molecule has 2 aliphatic carbocycles. The normalized spacial score (nSPS) is 13.5. The molecule has 0 atom stereocenters. The molecular weight excluding hydrogens is 1530 g/mol. The van der Waals surface area contributed by atoms with E-state index >= 15 is 0 Å². The fourth-order valence-corrected chi connectivity index (χ4v) is 15.3. The van der Waals surface area contributed by atoms with E-state index in [4.69, 9.17) is 22.4 Å². The summed E-state index contributed by atoms with van der Waals surface area (Å²) in [6.07, 6.45) is 28.6. The zero-order valence-electron chi connectivity index (χ0n) is 64.6. The first-order valence-corrected chi connectivity index (χ1v) is 39.2. The summed E-state index contributed by atoms with van der Waals surface area (Å²) in [5.41, 5.74) is 17.0. The molecule has 20 aromatic rings. The van der Waals surface area contributed by atoms with E-state index in [0.29, 0.717) is 78.9 Å². The number of fused-ring (bicyclic) bond motifs is 10. The van der Waals surface area contributed by atoms with Crippen molar-refractivity contribution in [3.8, 4) is 0 Å². The SMILES string of the molecule is CC(F)(F)c1coc2cc(Nc3[nH]nc4ncccc34)ccc12.CC(F)(F)c1coc2cc(Nc3n[nH]c4cccnc34)ccc12.CCc1noc2cc(Nc3n[nH]c4cccnc34)ccc12.c1cnc2c(Nc3ccc4c(CC5CCCCC5)noc4c3)[nH]nc2n1.c1cnc2c(Nc3ccc4c(CC5CCCCC5)noc4c3)n[nH]c2c1. The number of aryl methyl sites for hydroxylation is 1. The third kappa shape index (κ3) is 16.5. The van der Waals surface area contributed by atoms with E-state index in [1.54, 1.807) is 73.6 Å². The third-order valence-electron chi connectivity index (χ3n) is 21.3. The Kier molecular flexibility index (Phi) is 20.9. The number of alkyl halides is 4. The number of rotatable bonds is 17. The zero-order valence-corrected chi connectivity index (χ0v) is 64.6. The minimum Gasteiger partial charge on any atom is -0.464 e. The number of hydrogen-bond donors (Lipinski definition) is 10. The van der Waals surface area contributed by atoms with Gasteiger partial charge in [0.1, 0.15) is 46.1 Å². The van der Waals surface area contributed by atoms with Crippen LogP contribution >= 0.6 is 0 Å². The van der Waals surface area contributed by atoms with Crippen molar-refractivity contribution >= 4 is 168 Å². The van der Waals surface area contributed by atoms with Gasteiger partial charge in [-0.15, -0.1) is 0 Å². The summed E-state index contributed by atoms with van der Waals surface area (Å²) in [6.45, 7) is 3.77. The average molecular weight is 1600 g/mol. The molecule has 0 amide bonds. The van der Waals surface area contributed by atoms with Crippen LogP contribution in [0.3, 0.4) is 0 Å². The van der Waals surface area contributed by atoms with Gasteiger partial charge in [-0.3, -0.25) is 40.4 Å². The van der Waals surface area contributed by atoms with Crippen molar-refractivity contribution in [1.82, 2.24) is 96.4 Å². The lowest BCUT2D eigenvalue weighted by molar-refractivity contribution is 0.0175. The lowest BCUT2D eigenvalue weighted by Crippen LogP contribution is -2.09. The second kappa shape index (κ2) is 32.9. The van der Waals surface area contributed by atoms with Crippen LogP contribution in [0.4, 0.5) is 75.1 Å². The highest BCUT2D eigenvalue weighted by Crippen LogP contribution is 2.40. The predicted molar refractivity (Wildman–Crippen MR) is 447 cm³/mol. The molecule has 2 fully saturated rings. The summed E-state index contributed by atoms with van der Waals surface area (Å²) in [5, 5.41) is 69.4. The zero-order chi connectivity index (χ0) is 81.0. The molecule has 0 bridgehead atoms. The Morgan fingerprint density at radius 1 is 0.361 bits per heavy atom.